The number of piperazine rings is 1. The van der Waals surface area contributed by atoms with E-state index in [-0.39, 0.29) is 12.1 Å². The summed E-state index contributed by atoms with van der Waals surface area (Å²) in [7, 11) is 0. The number of aliphatic hydroxyl groups is 1. The Morgan fingerprint density at radius 1 is 1.15 bits per heavy atom. The van der Waals surface area contributed by atoms with E-state index in [0.717, 1.165) is 18.9 Å². The molecule has 1 aliphatic heterocycles. The van der Waals surface area contributed by atoms with Crippen molar-refractivity contribution in [3.63, 3.8) is 0 Å². The first-order valence-electron chi connectivity index (χ1n) is 8.46. The number of hydrogen-bond acceptors (Lipinski definition) is 4. The van der Waals surface area contributed by atoms with Crippen LogP contribution in [0.2, 0.25) is 0 Å². The molecule has 4 nitrogen and oxygen atoms in total. The second-order valence-corrected chi connectivity index (χ2v) is 6.94. The zero-order valence-corrected chi connectivity index (χ0v) is 13.4. The monoisotopic (exact) mass is 283 g/mol. The highest BCUT2D eigenvalue weighted by atomic mass is 16.3. The third kappa shape index (κ3) is 5.32. The van der Waals surface area contributed by atoms with E-state index in [0.29, 0.717) is 0 Å². The summed E-state index contributed by atoms with van der Waals surface area (Å²) < 4.78 is 0. The zero-order chi connectivity index (χ0) is 14.4. The van der Waals surface area contributed by atoms with E-state index in [1.54, 1.807) is 0 Å². The third-order valence-electron chi connectivity index (χ3n) is 4.83. The summed E-state index contributed by atoms with van der Waals surface area (Å²) in [6.45, 7) is 12.9. The molecule has 1 atom stereocenters. The van der Waals surface area contributed by atoms with Gasteiger partial charge in [0.25, 0.3) is 0 Å². The van der Waals surface area contributed by atoms with Crippen molar-refractivity contribution in [2.45, 2.75) is 45.1 Å². The first-order chi connectivity index (χ1) is 9.65. The second-order valence-electron chi connectivity index (χ2n) is 6.94. The van der Waals surface area contributed by atoms with Crippen LogP contribution in [0.4, 0.5) is 0 Å². The molecular formula is C16H33N3O. The predicted molar refractivity (Wildman–Crippen MR) is 84.0 cm³/mol. The van der Waals surface area contributed by atoms with Gasteiger partial charge in [-0.25, -0.2) is 0 Å². The molecule has 1 saturated heterocycles. The molecule has 1 saturated carbocycles. The molecule has 2 N–H and O–H groups in total. The molecule has 0 amide bonds. The minimum atomic E-state index is -0.0947. The van der Waals surface area contributed by atoms with Crippen LogP contribution in [0.1, 0.15) is 39.5 Å². The van der Waals surface area contributed by atoms with Crippen LogP contribution >= 0.6 is 0 Å². The quantitative estimate of drug-likeness (QED) is 0.666. The van der Waals surface area contributed by atoms with Gasteiger partial charge in [-0.3, -0.25) is 0 Å². The van der Waals surface area contributed by atoms with Gasteiger partial charge in [-0.1, -0.05) is 6.92 Å². The van der Waals surface area contributed by atoms with Crippen molar-refractivity contribution < 1.29 is 5.11 Å². The van der Waals surface area contributed by atoms with Crippen LogP contribution in [0.3, 0.4) is 0 Å². The number of nitrogens with zero attached hydrogens (tertiary/aromatic N) is 2. The largest absolute Gasteiger partial charge is 0.394 e. The third-order valence-corrected chi connectivity index (χ3v) is 4.83. The highest BCUT2D eigenvalue weighted by Gasteiger charge is 2.26. The fraction of sp³-hybridized carbons (Fsp3) is 1.00. The summed E-state index contributed by atoms with van der Waals surface area (Å²) in [4.78, 5) is 5.23. The van der Waals surface area contributed by atoms with Crippen LogP contribution in [0.5, 0.6) is 0 Å². The average molecular weight is 283 g/mol. The molecule has 1 unspecified atom stereocenters. The Balaban J connectivity index is 1.58. The van der Waals surface area contributed by atoms with Crippen molar-refractivity contribution in [3.05, 3.63) is 0 Å². The lowest BCUT2D eigenvalue weighted by Crippen LogP contribution is -2.48. The van der Waals surface area contributed by atoms with Crippen LogP contribution in [-0.2, 0) is 0 Å². The minimum absolute atomic E-state index is 0.0947. The summed E-state index contributed by atoms with van der Waals surface area (Å²) in [5, 5.41) is 12.9. The summed E-state index contributed by atoms with van der Waals surface area (Å²) in [6.07, 6.45) is 5.15. The maximum absolute atomic E-state index is 9.50. The standard InChI is InChI=1S/C16H33N3O/c1-3-17-16(2,14-20)7-4-8-18-9-11-19(12-10-18)13-15-5-6-15/h15,17,20H,3-14H2,1-2H3. The molecule has 1 aliphatic carbocycles. The summed E-state index contributed by atoms with van der Waals surface area (Å²) in [5.74, 6) is 1.02. The van der Waals surface area contributed by atoms with E-state index in [2.05, 4.69) is 29.0 Å². The number of aliphatic hydroxyl groups excluding tert-OH is 1. The van der Waals surface area contributed by atoms with Crippen molar-refractivity contribution in [2.24, 2.45) is 5.92 Å². The lowest BCUT2D eigenvalue weighted by Gasteiger charge is -2.35. The Hall–Kier alpha value is -0.160. The van der Waals surface area contributed by atoms with Gasteiger partial charge in [-0.15, -0.1) is 0 Å². The van der Waals surface area contributed by atoms with Crippen molar-refractivity contribution in [1.29, 1.82) is 0 Å². The summed E-state index contributed by atoms with van der Waals surface area (Å²) >= 11 is 0. The molecule has 0 aromatic rings. The van der Waals surface area contributed by atoms with E-state index in [9.17, 15) is 5.11 Å². The van der Waals surface area contributed by atoms with Crippen LogP contribution in [0.25, 0.3) is 0 Å². The molecule has 2 rings (SSSR count). The van der Waals surface area contributed by atoms with Crippen molar-refractivity contribution >= 4 is 0 Å². The lowest BCUT2D eigenvalue weighted by molar-refractivity contribution is 0.118. The summed E-state index contributed by atoms with van der Waals surface area (Å²) in [6, 6.07) is 0. The molecular weight excluding hydrogens is 250 g/mol. The Morgan fingerprint density at radius 2 is 1.80 bits per heavy atom. The first-order valence-corrected chi connectivity index (χ1v) is 8.46. The van der Waals surface area contributed by atoms with Gasteiger partial charge in [0.2, 0.25) is 0 Å². The molecule has 2 fully saturated rings. The van der Waals surface area contributed by atoms with E-state index in [4.69, 9.17) is 0 Å². The molecule has 1 heterocycles. The van der Waals surface area contributed by atoms with Gasteiger partial charge < -0.3 is 20.2 Å². The zero-order valence-electron chi connectivity index (χ0n) is 13.4. The van der Waals surface area contributed by atoms with Crippen molar-refractivity contribution in [2.75, 3.05) is 52.4 Å². The normalized spacial score (nSPS) is 24.8. The topological polar surface area (TPSA) is 38.7 Å². The molecule has 0 spiro atoms. The minimum Gasteiger partial charge on any atom is -0.394 e. The van der Waals surface area contributed by atoms with E-state index >= 15 is 0 Å². The molecule has 0 bridgehead atoms. The predicted octanol–water partition coefficient (Wildman–Crippen LogP) is 1.15. The maximum atomic E-state index is 9.50. The highest BCUT2D eigenvalue weighted by molar-refractivity contribution is 4.83. The van der Waals surface area contributed by atoms with E-state index in [1.807, 2.05) is 0 Å². The molecule has 20 heavy (non-hydrogen) atoms. The smallest absolute Gasteiger partial charge is 0.0610 e. The van der Waals surface area contributed by atoms with Gasteiger partial charge in [-0.05, 0) is 51.6 Å². The molecule has 4 heteroatoms. The lowest BCUT2D eigenvalue weighted by atomic mass is 9.96. The van der Waals surface area contributed by atoms with Crippen LogP contribution < -0.4 is 5.32 Å². The Morgan fingerprint density at radius 3 is 2.35 bits per heavy atom. The number of rotatable bonds is 9. The molecule has 0 aromatic carbocycles. The van der Waals surface area contributed by atoms with Gasteiger partial charge in [0.05, 0.1) is 6.61 Å². The van der Waals surface area contributed by atoms with Gasteiger partial charge in [0, 0.05) is 38.3 Å². The van der Waals surface area contributed by atoms with Gasteiger partial charge in [0.1, 0.15) is 0 Å². The first kappa shape index (κ1) is 16.2. The second kappa shape index (κ2) is 7.74. The Kier molecular flexibility index (Phi) is 6.27. The number of nitrogens with one attached hydrogen (secondary N) is 1. The summed E-state index contributed by atoms with van der Waals surface area (Å²) in [5.41, 5.74) is -0.0947. The SMILES string of the molecule is CCNC(C)(CO)CCCN1CCN(CC2CC2)CC1. The van der Waals surface area contributed by atoms with E-state index in [1.165, 1.54) is 58.5 Å². The fourth-order valence-corrected chi connectivity index (χ4v) is 3.20. The van der Waals surface area contributed by atoms with Crippen molar-refractivity contribution in [1.82, 2.24) is 15.1 Å². The van der Waals surface area contributed by atoms with Gasteiger partial charge in [-0.2, -0.15) is 0 Å². The van der Waals surface area contributed by atoms with E-state index < -0.39 is 0 Å². The Bertz CT molecular complexity index is 275. The van der Waals surface area contributed by atoms with Crippen LogP contribution in [-0.4, -0.2) is 72.9 Å². The van der Waals surface area contributed by atoms with Gasteiger partial charge in [0.15, 0.2) is 0 Å². The number of likely N-dealkylation sites (N-methyl/N-ethyl adjacent to an activating group) is 1. The van der Waals surface area contributed by atoms with Crippen molar-refractivity contribution in [3.8, 4) is 0 Å². The molecule has 0 radical (unpaired) electrons. The Labute approximate surface area is 124 Å². The number of hydrogen-bond donors (Lipinski definition) is 2. The maximum Gasteiger partial charge on any atom is 0.0610 e. The molecule has 2 aliphatic rings. The average Bonchev–Trinajstić information content (AvgIpc) is 3.25. The molecule has 118 valence electrons. The van der Waals surface area contributed by atoms with Crippen LogP contribution in [0, 0.1) is 5.92 Å². The molecule has 0 aromatic heterocycles. The fourth-order valence-electron chi connectivity index (χ4n) is 3.20. The van der Waals surface area contributed by atoms with Gasteiger partial charge >= 0.3 is 0 Å². The van der Waals surface area contributed by atoms with Crippen LogP contribution in [0.15, 0.2) is 0 Å². The highest BCUT2D eigenvalue weighted by Crippen LogP contribution is 2.29.